The number of benzene rings is 2. The third-order valence-corrected chi connectivity index (χ3v) is 4.53. The van der Waals surface area contributed by atoms with Crippen molar-refractivity contribution in [2.75, 3.05) is 5.75 Å². The molecule has 0 radical (unpaired) electrons. The van der Waals surface area contributed by atoms with Gasteiger partial charge in [-0.1, -0.05) is 17.8 Å². The molecule has 128 valence electrons. The molecule has 3 aromatic rings. The number of rotatable bonds is 5. The molecule has 0 aliphatic heterocycles. The maximum Gasteiger partial charge on any atom is 0.277 e. The maximum absolute atomic E-state index is 13.6. The second-order valence-electron chi connectivity index (χ2n) is 5.51. The van der Waals surface area contributed by atoms with Gasteiger partial charge < -0.3 is 4.42 Å². The number of hydrogen-bond donors (Lipinski definition) is 0. The average molecular weight is 360 g/mol. The Morgan fingerprint density at radius 1 is 1.08 bits per heavy atom. The Morgan fingerprint density at radius 2 is 1.88 bits per heavy atom. The van der Waals surface area contributed by atoms with Gasteiger partial charge in [0.1, 0.15) is 11.6 Å². The summed E-state index contributed by atoms with van der Waals surface area (Å²) in [4.78, 5) is 12.0. The third-order valence-electron chi connectivity index (χ3n) is 3.72. The van der Waals surface area contributed by atoms with Crippen LogP contribution in [0.1, 0.15) is 21.5 Å². The largest absolute Gasteiger partial charge is 0.411 e. The smallest absolute Gasteiger partial charge is 0.277 e. The van der Waals surface area contributed by atoms with Gasteiger partial charge in [-0.15, -0.1) is 10.2 Å². The Labute approximate surface area is 147 Å². The zero-order valence-corrected chi connectivity index (χ0v) is 14.4. The van der Waals surface area contributed by atoms with Crippen LogP contribution < -0.4 is 0 Å². The van der Waals surface area contributed by atoms with Crippen LogP contribution in [0.2, 0.25) is 0 Å². The number of ketones is 1. The minimum Gasteiger partial charge on any atom is -0.411 e. The van der Waals surface area contributed by atoms with Gasteiger partial charge in [0.2, 0.25) is 5.89 Å². The van der Waals surface area contributed by atoms with Gasteiger partial charge in [-0.05, 0) is 55.3 Å². The summed E-state index contributed by atoms with van der Waals surface area (Å²) >= 11 is 0.982. The maximum atomic E-state index is 13.6. The topological polar surface area (TPSA) is 56.0 Å². The summed E-state index contributed by atoms with van der Waals surface area (Å²) < 4.78 is 32.3. The van der Waals surface area contributed by atoms with E-state index in [1.165, 1.54) is 0 Å². The first-order valence-electron chi connectivity index (χ1n) is 7.46. The SMILES string of the molecule is Cc1ccc(-c2nnc(SCC(=O)c3cc(F)ccc3F)o2)cc1C. The number of halogens is 2. The standard InChI is InChI=1S/C18H14F2N2O2S/c1-10-3-4-12(7-11(10)2)17-21-22-18(24-17)25-9-16(23)14-8-13(19)5-6-15(14)20/h3-8H,9H2,1-2H3. The second kappa shape index (κ2) is 7.14. The van der Waals surface area contributed by atoms with Crippen LogP contribution in [0, 0.1) is 25.5 Å². The number of carbonyl (C=O) groups excluding carboxylic acids is 1. The first kappa shape index (κ1) is 17.3. The summed E-state index contributed by atoms with van der Waals surface area (Å²) in [6, 6.07) is 8.54. The number of aryl methyl sites for hydroxylation is 2. The first-order valence-corrected chi connectivity index (χ1v) is 8.45. The van der Waals surface area contributed by atoms with Gasteiger partial charge in [-0.3, -0.25) is 4.79 Å². The Hall–Kier alpha value is -2.54. The van der Waals surface area contributed by atoms with Gasteiger partial charge in [-0.2, -0.15) is 0 Å². The molecule has 0 N–H and O–H groups in total. The summed E-state index contributed by atoms with van der Waals surface area (Å²) in [6.45, 7) is 3.99. The predicted octanol–water partition coefficient (Wildman–Crippen LogP) is 4.61. The highest BCUT2D eigenvalue weighted by Gasteiger charge is 2.16. The first-order chi connectivity index (χ1) is 11.9. The summed E-state index contributed by atoms with van der Waals surface area (Å²) in [5, 5.41) is 8.03. The van der Waals surface area contributed by atoms with E-state index >= 15 is 0 Å². The van der Waals surface area contributed by atoms with Crippen LogP contribution in [-0.4, -0.2) is 21.7 Å². The lowest BCUT2D eigenvalue weighted by Gasteiger charge is -2.01. The van der Waals surface area contributed by atoms with Gasteiger partial charge in [0.05, 0.1) is 11.3 Å². The van der Waals surface area contributed by atoms with Crippen molar-refractivity contribution in [2.45, 2.75) is 19.1 Å². The number of aromatic nitrogens is 2. The lowest BCUT2D eigenvalue weighted by atomic mass is 10.1. The highest BCUT2D eigenvalue weighted by molar-refractivity contribution is 7.99. The number of Topliss-reactive ketones (excluding diaryl/α,β-unsaturated/α-hetero) is 1. The molecule has 0 aliphatic carbocycles. The van der Waals surface area contributed by atoms with E-state index in [0.717, 1.165) is 46.7 Å². The molecule has 0 aliphatic rings. The predicted molar refractivity (Wildman–Crippen MR) is 90.6 cm³/mol. The molecule has 4 nitrogen and oxygen atoms in total. The minimum atomic E-state index is -0.756. The molecule has 0 atom stereocenters. The summed E-state index contributed by atoms with van der Waals surface area (Å²) in [7, 11) is 0. The fraction of sp³-hybridized carbons (Fsp3) is 0.167. The van der Waals surface area contributed by atoms with Crippen LogP contribution >= 0.6 is 11.8 Å². The zero-order chi connectivity index (χ0) is 18.0. The molecule has 7 heteroatoms. The lowest BCUT2D eigenvalue weighted by Crippen LogP contribution is -2.06. The van der Waals surface area contributed by atoms with Crippen molar-refractivity contribution in [3.63, 3.8) is 0 Å². The highest BCUT2D eigenvalue weighted by Crippen LogP contribution is 2.25. The van der Waals surface area contributed by atoms with Crippen LogP contribution in [-0.2, 0) is 0 Å². The molecule has 0 bridgehead atoms. The zero-order valence-electron chi connectivity index (χ0n) is 13.5. The number of thioether (sulfide) groups is 1. The van der Waals surface area contributed by atoms with E-state index in [1.807, 2.05) is 32.0 Å². The van der Waals surface area contributed by atoms with E-state index in [-0.39, 0.29) is 16.5 Å². The van der Waals surface area contributed by atoms with E-state index in [9.17, 15) is 13.6 Å². The van der Waals surface area contributed by atoms with Crippen molar-refractivity contribution in [1.29, 1.82) is 0 Å². The third kappa shape index (κ3) is 3.93. The molecule has 0 saturated heterocycles. The molecule has 0 amide bonds. The van der Waals surface area contributed by atoms with Crippen molar-refractivity contribution >= 4 is 17.5 Å². The van der Waals surface area contributed by atoms with Crippen molar-refractivity contribution in [2.24, 2.45) is 0 Å². The molecule has 1 aromatic heterocycles. The minimum absolute atomic E-state index is 0.130. The molecular formula is C18H14F2N2O2S. The van der Waals surface area contributed by atoms with E-state index < -0.39 is 17.4 Å². The Bertz CT molecular complexity index is 941. The van der Waals surface area contributed by atoms with E-state index in [2.05, 4.69) is 10.2 Å². The summed E-state index contributed by atoms with van der Waals surface area (Å²) in [5.74, 6) is -1.75. The molecule has 0 saturated carbocycles. The average Bonchev–Trinajstić information content (AvgIpc) is 3.06. The molecule has 0 spiro atoms. The van der Waals surface area contributed by atoms with Crippen molar-refractivity contribution in [3.05, 3.63) is 64.7 Å². The van der Waals surface area contributed by atoms with Gasteiger partial charge >= 0.3 is 0 Å². The number of carbonyl (C=O) groups is 1. The molecular weight excluding hydrogens is 346 g/mol. The molecule has 25 heavy (non-hydrogen) atoms. The van der Waals surface area contributed by atoms with Crippen LogP contribution in [0.25, 0.3) is 11.5 Å². The molecule has 2 aromatic carbocycles. The summed E-state index contributed by atoms with van der Waals surface area (Å²) in [5.41, 5.74) is 2.74. The molecule has 0 fully saturated rings. The van der Waals surface area contributed by atoms with Gasteiger partial charge in [0.25, 0.3) is 5.22 Å². The van der Waals surface area contributed by atoms with E-state index in [1.54, 1.807) is 0 Å². The molecule has 1 heterocycles. The van der Waals surface area contributed by atoms with Crippen molar-refractivity contribution in [3.8, 4) is 11.5 Å². The van der Waals surface area contributed by atoms with Crippen molar-refractivity contribution < 1.29 is 18.0 Å². The fourth-order valence-electron chi connectivity index (χ4n) is 2.18. The normalized spacial score (nSPS) is 10.9. The van der Waals surface area contributed by atoms with Crippen LogP contribution in [0.3, 0.4) is 0 Å². The lowest BCUT2D eigenvalue weighted by molar-refractivity contribution is 0.101. The van der Waals surface area contributed by atoms with Gasteiger partial charge in [0, 0.05) is 5.56 Å². The summed E-state index contributed by atoms with van der Waals surface area (Å²) in [6.07, 6.45) is 0. The van der Waals surface area contributed by atoms with Crippen LogP contribution in [0.5, 0.6) is 0 Å². The second-order valence-corrected chi connectivity index (χ2v) is 6.43. The Morgan fingerprint density at radius 3 is 2.64 bits per heavy atom. The van der Waals surface area contributed by atoms with Crippen LogP contribution in [0.4, 0.5) is 8.78 Å². The van der Waals surface area contributed by atoms with Gasteiger partial charge in [-0.25, -0.2) is 8.78 Å². The quantitative estimate of drug-likeness (QED) is 0.491. The number of nitrogens with zero attached hydrogens (tertiary/aromatic N) is 2. The Kier molecular flexibility index (Phi) is 4.94. The van der Waals surface area contributed by atoms with Crippen molar-refractivity contribution in [1.82, 2.24) is 10.2 Å². The van der Waals surface area contributed by atoms with Gasteiger partial charge in [0.15, 0.2) is 5.78 Å². The molecule has 3 rings (SSSR count). The fourth-order valence-corrected chi connectivity index (χ4v) is 2.82. The van der Waals surface area contributed by atoms with Crippen LogP contribution in [0.15, 0.2) is 46.0 Å². The Balaban J connectivity index is 1.70. The number of hydrogen-bond acceptors (Lipinski definition) is 5. The molecule has 0 unspecified atom stereocenters. The van der Waals surface area contributed by atoms with E-state index in [0.29, 0.717) is 5.89 Å². The highest BCUT2D eigenvalue weighted by atomic mass is 32.2. The monoisotopic (exact) mass is 360 g/mol. The van der Waals surface area contributed by atoms with E-state index in [4.69, 9.17) is 4.42 Å².